The Morgan fingerprint density at radius 1 is 1.08 bits per heavy atom. The summed E-state index contributed by atoms with van der Waals surface area (Å²) in [7, 11) is 0. The first-order valence-corrected chi connectivity index (χ1v) is 8.17. The highest BCUT2D eigenvalue weighted by Gasteiger charge is 2.17. The minimum Gasteiger partial charge on any atom is -0.411 e. The molecular formula is C18H16FN3OS. The molecule has 6 heteroatoms. The smallest absolute Gasteiger partial charge is 0.123 e. The van der Waals surface area contributed by atoms with Gasteiger partial charge in [0, 0.05) is 4.90 Å². The summed E-state index contributed by atoms with van der Waals surface area (Å²) in [6.45, 7) is 3.88. The third kappa shape index (κ3) is 3.33. The van der Waals surface area contributed by atoms with Crippen molar-refractivity contribution in [1.29, 1.82) is 0 Å². The van der Waals surface area contributed by atoms with E-state index in [1.165, 1.54) is 30.1 Å². The van der Waals surface area contributed by atoms with Gasteiger partial charge in [0.2, 0.25) is 0 Å². The Morgan fingerprint density at radius 3 is 2.38 bits per heavy atom. The van der Waals surface area contributed by atoms with Crippen LogP contribution in [0.5, 0.6) is 0 Å². The zero-order valence-corrected chi connectivity index (χ0v) is 14.1. The zero-order valence-electron chi connectivity index (χ0n) is 13.3. The van der Waals surface area contributed by atoms with Crippen molar-refractivity contribution in [3.05, 3.63) is 71.2 Å². The van der Waals surface area contributed by atoms with E-state index in [9.17, 15) is 4.39 Å². The summed E-state index contributed by atoms with van der Waals surface area (Å²) in [5.41, 5.74) is 3.55. The van der Waals surface area contributed by atoms with E-state index >= 15 is 0 Å². The topological polar surface area (TPSA) is 50.4 Å². The Bertz CT molecular complexity index is 871. The van der Waals surface area contributed by atoms with Crippen molar-refractivity contribution in [2.45, 2.75) is 23.8 Å². The van der Waals surface area contributed by atoms with Crippen LogP contribution in [0.25, 0.3) is 5.69 Å². The Balaban J connectivity index is 2.10. The molecule has 0 bridgehead atoms. The number of aromatic nitrogens is 2. The van der Waals surface area contributed by atoms with Crippen molar-refractivity contribution >= 4 is 18.0 Å². The van der Waals surface area contributed by atoms with Gasteiger partial charge >= 0.3 is 0 Å². The van der Waals surface area contributed by atoms with E-state index in [-0.39, 0.29) is 5.82 Å². The molecule has 3 rings (SSSR count). The number of oxime groups is 1. The molecule has 1 heterocycles. The van der Waals surface area contributed by atoms with E-state index < -0.39 is 0 Å². The van der Waals surface area contributed by atoms with Crippen molar-refractivity contribution in [2.75, 3.05) is 0 Å². The number of aryl methyl sites for hydroxylation is 2. The lowest BCUT2D eigenvalue weighted by atomic mass is 10.2. The summed E-state index contributed by atoms with van der Waals surface area (Å²) in [5.74, 6) is -0.278. The lowest BCUT2D eigenvalue weighted by Crippen LogP contribution is -1.99. The monoisotopic (exact) mass is 341 g/mol. The maximum Gasteiger partial charge on any atom is 0.123 e. The summed E-state index contributed by atoms with van der Waals surface area (Å²) >= 11 is 1.44. The largest absolute Gasteiger partial charge is 0.411 e. The second-order valence-corrected chi connectivity index (χ2v) is 6.41. The van der Waals surface area contributed by atoms with Crippen molar-refractivity contribution in [2.24, 2.45) is 5.16 Å². The zero-order chi connectivity index (χ0) is 17.1. The fourth-order valence-corrected chi connectivity index (χ4v) is 3.34. The van der Waals surface area contributed by atoms with Gasteiger partial charge in [-0.15, -0.1) is 0 Å². The molecule has 0 aliphatic carbocycles. The molecule has 4 nitrogen and oxygen atoms in total. The fourth-order valence-electron chi connectivity index (χ4n) is 2.30. The number of hydrogen-bond donors (Lipinski definition) is 1. The molecule has 3 aromatic rings. The average Bonchev–Trinajstić information content (AvgIpc) is 2.87. The maximum absolute atomic E-state index is 13.1. The van der Waals surface area contributed by atoms with Gasteiger partial charge < -0.3 is 5.21 Å². The summed E-state index contributed by atoms with van der Waals surface area (Å²) in [5, 5.41) is 17.5. The predicted octanol–water partition coefficient (Wildman–Crippen LogP) is 4.59. The molecule has 1 aromatic heterocycles. The highest BCUT2D eigenvalue weighted by molar-refractivity contribution is 7.99. The van der Waals surface area contributed by atoms with Crippen LogP contribution in [0, 0.1) is 19.7 Å². The van der Waals surface area contributed by atoms with Crippen molar-refractivity contribution in [1.82, 2.24) is 9.78 Å². The Labute approximate surface area is 143 Å². The molecule has 0 atom stereocenters. The highest BCUT2D eigenvalue weighted by atomic mass is 32.2. The minimum atomic E-state index is -0.278. The van der Waals surface area contributed by atoms with Gasteiger partial charge in [0.05, 0.1) is 23.2 Å². The molecule has 0 amide bonds. The summed E-state index contributed by atoms with van der Waals surface area (Å²) < 4.78 is 14.9. The molecule has 24 heavy (non-hydrogen) atoms. The molecule has 0 fully saturated rings. The molecule has 0 radical (unpaired) electrons. The number of halogens is 1. The molecule has 2 aromatic carbocycles. The van der Waals surface area contributed by atoms with Gasteiger partial charge in [0.1, 0.15) is 10.8 Å². The van der Waals surface area contributed by atoms with Crippen molar-refractivity contribution < 1.29 is 9.60 Å². The van der Waals surface area contributed by atoms with E-state index in [0.29, 0.717) is 0 Å². The molecular weight excluding hydrogens is 325 g/mol. The van der Waals surface area contributed by atoms with Crippen LogP contribution in [-0.4, -0.2) is 21.2 Å². The van der Waals surface area contributed by atoms with Crippen LogP contribution >= 0.6 is 11.8 Å². The van der Waals surface area contributed by atoms with Crippen molar-refractivity contribution in [3.63, 3.8) is 0 Å². The molecule has 0 saturated carbocycles. The summed E-state index contributed by atoms with van der Waals surface area (Å²) in [4.78, 5) is 0.872. The van der Waals surface area contributed by atoms with E-state index in [1.807, 2.05) is 38.1 Å². The van der Waals surface area contributed by atoms with Crippen LogP contribution in [0.1, 0.15) is 16.8 Å². The van der Waals surface area contributed by atoms with E-state index in [0.717, 1.165) is 32.4 Å². The average molecular weight is 341 g/mol. The quantitative estimate of drug-likeness (QED) is 0.429. The minimum absolute atomic E-state index is 0.278. The van der Waals surface area contributed by atoms with Gasteiger partial charge in [-0.1, -0.05) is 34.6 Å². The Morgan fingerprint density at radius 2 is 1.75 bits per heavy atom. The van der Waals surface area contributed by atoms with Gasteiger partial charge in [0.15, 0.2) is 0 Å². The fraction of sp³-hybridized carbons (Fsp3) is 0.111. The van der Waals surface area contributed by atoms with Gasteiger partial charge in [0.25, 0.3) is 0 Å². The van der Waals surface area contributed by atoms with Crippen LogP contribution in [0.4, 0.5) is 4.39 Å². The molecule has 0 aliphatic rings. The summed E-state index contributed by atoms with van der Waals surface area (Å²) in [6, 6.07) is 14.2. The molecule has 0 aliphatic heterocycles. The highest BCUT2D eigenvalue weighted by Crippen LogP contribution is 2.33. The summed E-state index contributed by atoms with van der Waals surface area (Å²) in [6.07, 6.45) is 1.37. The van der Waals surface area contributed by atoms with Crippen LogP contribution in [0.15, 0.2) is 63.6 Å². The van der Waals surface area contributed by atoms with Crippen LogP contribution in [0.2, 0.25) is 0 Å². The SMILES string of the molecule is Cc1ccc(-n2nc(C)c(C=NO)c2Sc2ccc(F)cc2)cc1. The lowest BCUT2D eigenvalue weighted by Gasteiger charge is -2.08. The standard InChI is InChI=1S/C18H16FN3OS/c1-12-3-7-15(8-4-12)22-18(17(11-20-23)13(2)21-22)24-16-9-5-14(19)6-10-16/h3-11,23H,1-2H3. The van der Waals surface area contributed by atoms with E-state index in [2.05, 4.69) is 10.3 Å². The molecule has 1 N–H and O–H groups in total. The number of benzene rings is 2. The van der Waals surface area contributed by atoms with Gasteiger partial charge in [-0.3, -0.25) is 0 Å². The predicted molar refractivity (Wildman–Crippen MR) is 92.9 cm³/mol. The van der Waals surface area contributed by atoms with Crippen LogP contribution in [0.3, 0.4) is 0 Å². The Kier molecular flexibility index (Phi) is 4.66. The first-order chi connectivity index (χ1) is 11.6. The first-order valence-electron chi connectivity index (χ1n) is 7.36. The second kappa shape index (κ2) is 6.88. The van der Waals surface area contributed by atoms with Gasteiger partial charge in [-0.2, -0.15) is 5.10 Å². The number of rotatable bonds is 4. The van der Waals surface area contributed by atoms with Crippen molar-refractivity contribution in [3.8, 4) is 5.69 Å². The Hall–Kier alpha value is -2.60. The number of nitrogens with zero attached hydrogens (tertiary/aromatic N) is 3. The van der Waals surface area contributed by atoms with Gasteiger partial charge in [-0.05, 0) is 50.2 Å². The first kappa shape index (κ1) is 16.3. The molecule has 0 saturated heterocycles. The van der Waals surface area contributed by atoms with E-state index in [4.69, 9.17) is 5.21 Å². The second-order valence-electron chi connectivity index (χ2n) is 5.35. The molecule has 0 unspecified atom stereocenters. The maximum atomic E-state index is 13.1. The van der Waals surface area contributed by atoms with Crippen LogP contribution < -0.4 is 0 Å². The number of hydrogen-bond acceptors (Lipinski definition) is 4. The van der Waals surface area contributed by atoms with E-state index in [1.54, 1.807) is 16.8 Å². The third-order valence-electron chi connectivity index (χ3n) is 3.56. The van der Waals surface area contributed by atoms with Crippen LogP contribution in [-0.2, 0) is 0 Å². The van der Waals surface area contributed by atoms with Gasteiger partial charge in [-0.25, -0.2) is 9.07 Å². The lowest BCUT2D eigenvalue weighted by molar-refractivity contribution is 0.321. The molecule has 122 valence electrons. The third-order valence-corrected chi connectivity index (χ3v) is 4.65. The molecule has 0 spiro atoms. The normalized spacial score (nSPS) is 11.3.